The summed E-state index contributed by atoms with van der Waals surface area (Å²) >= 11 is 0. The van der Waals surface area contributed by atoms with E-state index in [1.807, 2.05) is 0 Å². The van der Waals surface area contributed by atoms with Crippen LogP contribution in [0.25, 0.3) is 0 Å². The van der Waals surface area contributed by atoms with Gasteiger partial charge in [-0.15, -0.1) is 0 Å². The fraction of sp³-hybridized carbons (Fsp3) is 0.588. The van der Waals surface area contributed by atoms with Crippen LogP contribution in [0.3, 0.4) is 0 Å². The number of carbonyl (C=O) groups is 1. The molecule has 1 heterocycles. The molecule has 2 atom stereocenters. The summed E-state index contributed by atoms with van der Waals surface area (Å²) in [5.74, 6) is -8.69. The molecule has 0 radical (unpaired) electrons. The molecule has 1 aliphatic rings. The van der Waals surface area contributed by atoms with Crippen molar-refractivity contribution in [2.45, 2.75) is 38.8 Å². The minimum absolute atomic E-state index is 0.0572. The van der Waals surface area contributed by atoms with E-state index >= 15 is 0 Å². The third-order valence-electron chi connectivity index (χ3n) is 4.97. The summed E-state index contributed by atoms with van der Waals surface area (Å²) in [6.07, 6.45) is -0.414. The van der Waals surface area contributed by atoms with Gasteiger partial charge in [0, 0.05) is 18.7 Å². The first-order valence-electron chi connectivity index (χ1n) is 8.22. The molecule has 0 bridgehead atoms. The number of halogens is 4. The molecule has 9 heteroatoms. The lowest BCUT2D eigenvalue weighted by Crippen LogP contribution is -2.54. The van der Waals surface area contributed by atoms with Crippen molar-refractivity contribution in [1.82, 2.24) is 4.90 Å². The number of methoxy groups -OCH3 is 1. The maximum atomic E-state index is 14.1. The second-order valence-electron chi connectivity index (χ2n) is 6.48. The molecule has 2 N–H and O–H groups in total. The summed E-state index contributed by atoms with van der Waals surface area (Å²) in [7, 11) is 0.889. The van der Waals surface area contributed by atoms with E-state index in [0.29, 0.717) is 6.42 Å². The van der Waals surface area contributed by atoms with Crippen LogP contribution in [0.15, 0.2) is 0 Å². The molecule has 1 aromatic carbocycles. The normalized spacial score (nSPS) is 23.9. The van der Waals surface area contributed by atoms with Crippen LogP contribution < -0.4 is 4.74 Å². The van der Waals surface area contributed by atoms with Crippen LogP contribution in [0.2, 0.25) is 0 Å². The number of rotatable bonds is 6. The molecule has 2 rings (SSSR count). The van der Waals surface area contributed by atoms with E-state index < -0.39 is 58.6 Å². The zero-order valence-corrected chi connectivity index (χ0v) is 14.5. The van der Waals surface area contributed by atoms with Crippen LogP contribution in [0.5, 0.6) is 5.75 Å². The second kappa shape index (κ2) is 7.79. The van der Waals surface area contributed by atoms with Crippen LogP contribution in [0, 0.1) is 28.7 Å². The van der Waals surface area contributed by atoms with Crippen molar-refractivity contribution in [2.24, 2.45) is 5.41 Å². The summed E-state index contributed by atoms with van der Waals surface area (Å²) in [5.41, 5.74) is -2.16. The number of likely N-dealkylation sites (tertiary alicyclic amines) is 1. The second-order valence-corrected chi connectivity index (χ2v) is 6.48. The molecule has 1 aliphatic heterocycles. The van der Waals surface area contributed by atoms with Crippen molar-refractivity contribution in [2.75, 3.05) is 20.2 Å². The predicted molar refractivity (Wildman–Crippen MR) is 83.7 cm³/mol. The highest BCUT2D eigenvalue weighted by Gasteiger charge is 2.48. The monoisotopic (exact) mass is 379 g/mol. The topological polar surface area (TPSA) is 70.0 Å². The summed E-state index contributed by atoms with van der Waals surface area (Å²) < 4.78 is 60.2. The quantitative estimate of drug-likeness (QED) is 0.588. The first-order valence-corrected chi connectivity index (χ1v) is 8.22. The SMILES string of the molecule is CCC[C@]1(C(=O)O)CCN(Cc2c(F)c(F)c(OC)c(F)c2F)C[C@@H]1O. The molecule has 0 aromatic heterocycles. The highest BCUT2D eigenvalue weighted by molar-refractivity contribution is 5.75. The number of benzene rings is 1. The van der Waals surface area contributed by atoms with Crippen molar-refractivity contribution in [3.8, 4) is 5.75 Å². The number of aliphatic carboxylic acids is 1. The summed E-state index contributed by atoms with van der Waals surface area (Å²) in [4.78, 5) is 13.0. The van der Waals surface area contributed by atoms with Gasteiger partial charge in [0.2, 0.25) is 11.6 Å². The fourth-order valence-electron chi connectivity index (χ4n) is 3.47. The Hall–Kier alpha value is -1.87. The highest BCUT2D eigenvalue weighted by atomic mass is 19.2. The molecule has 146 valence electrons. The van der Waals surface area contributed by atoms with Gasteiger partial charge in [0.1, 0.15) is 0 Å². The Morgan fingerprint density at radius 2 is 1.81 bits per heavy atom. The van der Waals surface area contributed by atoms with E-state index in [4.69, 9.17) is 0 Å². The minimum Gasteiger partial charge on any atom is -0.491 e. The van der Waals surface area contributed by atoms with Crippen LogP contribution in [0.1, 0.15) is 31.7 Å². The van der Waals surface area contributed by atoms with Gasteiger partial charge < -0.3 is 14.9 Å². The lowest BCUT2D eigenvalue weighted by Gasteiger charge is -2.42. The van der Waals surface area contributed by atoms with Gasteiger partial charge in [0.15, 0.2) is 17.4 Å². The Balaban J connectivity index is 2.26. The Labute approximate surface area is 148 Å². The molecule has 0 unspecified atom stereocenters. The van der Waals surface area contributed by atoms with Crippen molar-refractivity contribution in [3.63, 3.8) is 0 Å². The van der Waals surface area contributed by atoms with Crippen LogP contribution in [0.4, 0.5) is 17.6 Å². The zero-order valence-electron chi connectivity index (χ0n) is 14.5. The number of ether oxygens (including phenoxy) is 1. The van der Waals surface area contributed by atoms with Crippen molar-refractivity contribution >= 4 is 5.97 Å². The number of β-amino-alcohol motifs (C(OH)–C–C–N with tert-alkyl or cyclic N) is 1. The highest BCUT2D eigenvalue weighted by Crippen LogP contribution is 2.38. The molecule has 1 fully saturated rings. The van der Waals surface area contributed by atoms with E-state index in [-0.39, 0.29) is 25.9 Å². The van der Waals surface area contributed by atoms with Gasteiger partial charge in [-0.3, -0.25) is 9.69 Å². The van der Waals surface area contributed by atoms with Gasteiger partial charge in [0.05, 0.1) is 18.6 Å². The van der Waals surface area contributed by atoms with E-state index in [9.17, 15) is 32.6 Å². The smallest absolute Gasteiger partial charge is 0.312 e. The van der Waals surface area contributed by atoms with Crippen LogP contribution in [-0.2, 0) is 11.3 Å². The number of nitrogens with zero attached hydrogens (tertiary/aromatic N) is 1. The van der Waals surface area contributed by atoms with Gasteiger partial charge in [-0.2, -0.15) is 8.78 Å². The zero-order chi connectivity index (χ0) is 19.6. The molecule has 26 heavy (non-hydrogen) atoms. The number of carboxylic acids is 1. The van der Waals surface area contributed by atoms with E-state index in [1.165, 1.54) is 4.90 Å². The predicted octanol–water partition coefficient (Wildman–Crippen LogP) is 2.69. The fourth-order valence-corrected chi connectivity index (χ4v) is 3.47. The van der Waals surface area contributed by atoms with E-state index in [1.54, 1.807) is 6.92 Å². The van der Waals surface area contributed by atoms with Gasteiger partial charge in [-0.1, -0.05) is 13.3 Å². The molecular formula is C17H21F4NO4. The largest absolute Gasteiger partial charge is 0.491 e. The lowest BCUT2D eigenvalue weighted by atomic mass is 9.72. The maximum absolute atomic E-state index is 14.1. The van der Waals surface area contributed by atoms with Gasteiger partial charge >= 0.3 is 5.97 Å². The average Bonchev–Trinajstić information content (AvgIpc) is 2.59. The number of piperidine rings is 1. The third kappa shape index (κ3) is 3.37. The molecule has 0 amide bonds. The number of hydrogen-bond donors (Lipinski definition) is 2. The number of aliphatic hydroxyl groups is 1. The minimum atomic E-state index is -1.63. The van der Waals surface area contributed by atoms with Crippen molar-refractivity contribution < 1.29 is 37.3 Å². The van der Waals surface area contributed by atoms with Crippen LogP contribution >= 0.6 is 0 Å². The van der Waals surface area contributed by atoms with E-state index in [0.717, 1.165) is 7.11 Å². The van der Waals surface area contributed by atoms with Crippen LogP contribution in [-0.4, -0.2) is 47.4 Å². The number of hydrogen-bond acceptors (Lipinski definition) is 4. The molecule has 1 saturated heterocycles. The number of aliphatic hydroxyl groups excluding tert-OH is 1. The summed E-state index contributed by atoms with van der Waals surface area (Å²) in [6.45, 7) is 1.21. The molecule has 0 saturated carbocycles. The summed E-state index contributed by atoms with van der Waals surface area (Å²) in [5, 5.41) is 19.8. The maximum Gasteiger partial charge on any atom is 0.312 e. The average molecular weight is 379 g/mol. The number of carboxylic acid groups (broad SMARTS) is 1. The molecule has 0 aliphatic carbocycles. The molecule has 0 spiro atoms. The Morgan fingerprint density at radius 3 is 2.23 bits per heavy atom. The van der Waals surface area contributed by atoms with Crippen molar-refractivity contribution in [3.05, 3.63) is 28.8 Å². The molecular weight excluding hydrogens is 358 g/mol. The standard InChI is InChI=1S/C17H21F4NO4/c1-3-4-17(16(24)25)5-6-22(8-10(17)23)7-9-11(18)13(20)15(26-2)14(21)12(9)19/h10,23H,3-8H2,1-2H3,(H,24,25)/t10-,17-/m0/s1. The molecule has 5 nitrogen and oxygen atoms in total. The Bertz CT molecular complexity index is 671. The lowest BCUT2D eigenvalue weighted by molar-refractivity contribution is -0.164. The first-order chi connectivity index (χ1) is 12.2. The van der Waals surface area contributed by atoms with Gasteiger partial charge in [-0.25, -0.2) is 8.78 Å². The Kier molecular flexibility index (Phi) is 6.13. The van der Waals surface area contributed by atoms with E-state index in [2.05, 4.69) is 4.74 Å². The van der Waals surface area contributed by atoms with Gasteiger partial charge in [-0.05, 0) is 19.4 Å². The van der Waals surface area contributed by atoms with Gasteiger partial charge in [0.25, 0.3) is 0 Å². The molecule has 1 aromatic rings. The summed E-state index contributed by atoms with van der Waals surface area (Å²) in [6, 6.07) is 0. The first kappa shape index (κ1) is 20.4. The Morgan fingerprint density at radius 1 is 1.23 bits per heavy atom. The van der Waals surface area contributed by atoms with Crippen molar-refractivity contribution in [1.29, 1.82) is 0 Å². The third-order valence-corrected chi connectivity index (χ3v) is 4.97.